The normalized spacial score (nSPS) is 12.3. The molecule has 0 aliphatic rings. The lowest BCUT2D eigenvalue weighted by Crippen LogP contribution is -2.24. The van der Waals surface area contributed by atoms with E-state index in [9.17, 15) is 18.0 Å². The van der Waals surface area contributed by atoms with E-state index in [-0.39, 0.29) is 10.3 Å². The van der Waals surface area contributed by atoms with E-state index in [0.717, 1.165) is 11.3 Å². The van der Waals surface area contributed by atoms with Gasteiger partial charge in [-0.1, -0.05) is 0 Å². The second-order valence-corrected chi connectivity index (χ2v) is 4.41. The van der Waals surface area contributed by atoms with Gasteiger partial charge in [0.15, 0.2) is 0 Å². The van der Waals surface area contributed by atoms with E-state index >= 15 is 0 Å². The van der Waals surface area contributed by atoms with Crippen LogP contribution in [-0.2, 0) is 13.2 Å². The first-order valence-electron chi connectivity index (χ1n) is 4.48. The van der Waals surface area contributed by atoms with Crippen LogP contribution in [-0.4, -0.2) is 4.57 Å². The molecule has 2 heterocycles. The van der Waals surface area contributed by atoms with Crippen molar-refractivity contribution in [3.8, 4) is 0 Å². The lowest BCUT2D eigenvalue weighted by molar-refractivity contribution is -0.136. The van der Waals surface area contributed by atoms with Crippen molar-refractivity contribution in [2.75, 3.05) is 0 Å². The molecule has 2 rings (SSSR count). The first-order valence-corrected chi connectivity index (χ1v) is 5.36. The molecule has 0 saturated carbocycles. The van der Waals surface area contributed by atoms with Crippen LogP contribution < -0.4 is 5.56 Å². The molecule has 0 amide bonds. The molecule has 0 radical (unpaired) electrons. The number of thiophene rings is 1. The van der Waals surface area contributed by atoms with E-state index in [1.165, 1.54) is 24.6 Å². The van der Waals surface area contributed by atoms with Crippen LogP contribution in [0.25, 0.3) is 10.2 Å². The van der Waals surface area contributed by atoms with Crippen LogP contribution in [0.5, 0.6) is 0 Å². The van der Waals surface area contributed by atoms with Crippen LogP contribution in [0.15, 0.2) is 16.2 Å². The Morgan fingerprint density at radius 1 is 1.38 bits per heavy atom. The summed E-state index contributed by atoms with van der Waals surface area (Å²) < 4.78 is 39.8. The SMILES string of the molecule is Cc1c(C(F)(F)F)c2sccc2n(C)c1=O. The van der Waals surface area contributed by atoms with Crippen molar-refractivity contribution in [3.63, 3.8) is 0 Å². The van der Waals surface area contributed by atoms with Gasteiger partial charge in [-0.15, -0.1) is 11.3 Å². The summed E-state index contributed by atoms with van der Waals surface area (Å²) in [7, 11) is 1.48. The summed E-state index contributed by atoms with van der Waals surface area (Å²) in [6.07, 6.45) is -4.49. The highest BCUT2D eigenvalue weighted by Gasteiger charge is 2.36. The molecular formula is C10H8F3NOS. The molecular weight excluding hydrogens is 239 g/mol. The van der Waals surface area contributed by atoms with Gasteiger partial charge in [0.25, 0.3) is 5.56 Å². The number of rotatable bonds is 0. The van der Waals surface area contributed by atoms with Gasteiger partial charge >= 0.3 is 6.18 Å². The third kappa shape index (κ3) is 1.44. The first-order chi connectivity index (χ1) is 7.34. The molecule has 2 nitrogen and oxygen atoms in total. The van der Waals surface area contributed by atoms with Gasteiger partial charge in [-0.3, -0.25) is 4.79 Å². The third-order valence-corrected chi connectivity index (χ3v) is 3.44. The summed E-state index contributed by atoms with van der Waals surface area (Å²) in [6.45, 7) is 1.21. The average molecular weight is 247 g/mol. The van der Waals surface area contributed by atoms with Crippen molar-refractivity contribution >= 4 is 21.6 Å². The van der Waals surface area contributed by atoms with Gasteiger partial charge in [0.2, 0.25) is 0 Å². The minimum absolute atomic E-state index is 0.118. The zero-order chi connectivity index (χ0) is 12.1. The smallest absolute Gasteiger partial charge is 0.310 e. The number of aromatic nitrogens is 1. The van der Waals surface area contributed by atoms with Gasteiger partial charge in [0.05, 0.1) is 15.8 Å². The Labute approximate surface area is 92.9 Å². The number of hydrogen-bond acceptors (Lipinski definition) is 2. The molecule has 0 atom stereocenters. The quantitative estimate of drug-likeness (QED) is 0.701. The van der Waals surface area contributed by atoms with Crippen LogP contribution in [0.2, 0.25) is 0 Å². The average Bonchev–Trinajstić information content (AvgIpc) is 2.61. The molecule has 0 bridgehead atoms. The maximum atomic E-state index is 12.8. The fourth-order valence-corrected chi connectivity index (χ4v) is 2.78. The second kappa shape index (κ2) is 3.35. The summed E-state index contributed by atoms with van der Waals surface area (Å²) in [6, 6.07) is 1.52. The molecule has 0 saturated heterocycles. The highest BCUT2D eigenvalue weighted by atomic mass is 32.1. The molecule has 0 fully saturated rings. The number of pyridine rings is 1. The number of aryl methyl sites for hydroxylation is 1. The zero-order valence-corrected chi connectivity index (χ0v) is 9.37. The van der Waals surface area contributed by atoms with Gasteiger partial charge in [0, 0.05) is 12.6 Å². The molecule has 0 unspecified atom stereocenters. The van der Waals surface area contributed by atoms with Crippen molar-refractivity contribution in [1.82, 2.24) is 4.57 Å². The standard InChI is InChI=1S/C10H8F3NOS/c1-5-7(10(11,12)13)8-6(3-4-16-8)14(2)9(5)15/h3-4H,1-2H3. The van der Waals surface area contributed by atoms with Crippen LogP contribution >= 0.6 is 11.3 Å². The monoisotopic (exact) mass is 247 g/mol. The predicted octanol–water partition coefficient (Wildman–Crippen LogP) is 2.93. The Hall–Kier alpha value is -1.30. The fourth-order valence-electron chi connectivity index (χ4n) is 1.73. The van der Waals surface area contributed by atoms with E-state index in [2.05, 4.69) is 0 Å². The highest BCUT2D eigenvalue weighted by Crippen LogP contribution is 2.37. The maximum absolute atomic E-state index is 12.8. The van der Waals surface area contributed by atoms with Crippen LogP contribution in [0.1, 0.15) is 11.1 Å². The molecule has 0 spiro atoms. The summed E-state index contributed by atoms with van der Waals surface area (Å²) >= 11 is 0.998. The number of nitrogens with zero attached hydrogens (tertiary/aromatic N) is 1. The fraction of sp³-hybridized carbons (Fsp3) is 0.300. The Kier molecular flexibility index (Phi) is 2.34. The highest BCUT2D eigenvalue weighted by molar-refractivity contribution is 7.17. The molecule has 16 heavy (non-hydrogen) atoms. The number of hydrogen-bond donors (Lipinski definition) is 0. The van der Waals surface area contributed by atoms with Crippen molar-refractivity contribution in [3.05, 3.63) is 32.9 Å². The van der Waals surface area contributed by atoms with Crippen molar-refractivity contribution in [1.29, 1.82) is 0 Å². The topological polar surface area (TPSA) is 22.0 Å². The first kappa shape index (κ1) is 11.2. The molecule has 0 aliphatic carbocycles. The molecule has 0 aliphatic heterocycles. The Morgan fingerprint density at radius 3 is 2.56 bits per heavy atom. The van der Waals surface area contributed by atoms with Crippen LogP contribution in [0.4, 0.5) is 13.2 Å². The van der Waals surface area contributed by atoms with Gasteiger partial charge in [-0.25, -0.2) is 0 Å². The summed E-state index contributed by atoms with van der Waals surface area (Å²) in [5.74, 6) is 0. The summed E-state index contributed by atoms with van der Waals surface area (Å²) in [5.41, 5.74) is -1.32. The summed E-state index contributed by atoms with van der Waals surface area (Å²) in [4.78, 5) is 11.6. The number of alkyl halides is 3. The van der Waals surface area contributed by atoms with Gasteiger partial charge in [-0.2, -0.15) is 13.2 Å². The lowest BCUT2D eigenvalue weighted by atomic mass is 10.1. The molecule has 2 aromatic rings. The third-order valence-electron chi connectivity index (χ3n) is 2.52. The number of halogens is 3. The Bertz CT molecular complexity index is 609. The van der Waals surface area contributed by atoms with Crippen molar-refractivity contribution in [2.45, 2.75) is 13.1 Å². The van der Waals surface area contributed by atoms with Crippen molar-refractivity contribution < 1.29 is 13.2 Å². The molecule has 0 aromatic carbocycles. The molecule has 6 heteroatoms. The van der Waals surface area contributed by atoms with E-state index in [4.69, 9.17) is 0 Å². The largest absolute Gasteiger partial charge is 0.418 e. The van der Waals surface area contributed by atoms with E-state index in [0.29, 0.717) is 5.52 Å². The van der Waals surface area contributed by atoms with E-state index in [1.54, 1.807) is 5.38 Å². The minimum atomic E-state index is -4.49. The zero-order valence-electron chi connectivity index (χ0n) is 8.55. The lowest BCUT2D eigenvalue weighted by Gasteiger charge is -2.12. The maximum Gasteiger partial charge on any atom is 0.418 e. The van der Waals surface area contributed by atoms with Crippen LogP contribution in [0, 0.1) is 6.92 Å². The number of fused-ring (bicyclic) bond motifs is 1. The molecule has 86 valence electrons. The van der Waals surface area contributed by atoms with Gasteiger partial charge < -0.3 is 4.57 Å². The molecule has 0 N–H and O–H groups in total. The predicted molar refractivity (Wildman–Crippen MR) is 56.8 cm³/mol. The van der Waals surface area contributed by atoms with Gasteiger partial charge in [0.1, 0.15) is 0 Å². The van der Waals surface area contributed by atoms with Gasteiger partial charge in [-0.05, 0) is 18.4 Å². The molecule has 2 aromatic heterocycles. The van der Waals surface area contributed by atoms with Crippen LogP contribution in [0.3, 0.4) is 0 Å². The Balaban J connectivity index is 3.03. The van der Waals surface area contributed by atoms with E-state index in [1.807, 2.05) is 0 Å². The Morgan fingerprint density at radius 2 is 2.00 bits per heavy atom. The van der Waals surface area contributed by atoms with E-state index < -0.39 is 17.3 Å². The summed E-state index contributed by atoms with van der Waals surface area (Å²) in [5, 5.41) is 1.55. The van der Waals surface area contributed by atoms with Crippen molar-refractivity contribution in [2.24, 2.45) is 7.05 Å². The second-order valence-electron chi connectivity index (χ2n) is 3.50. The minimum Gasteiger partial charge on any atom is -0.310 e.